The van der Waals surface area contributed by atoms with E-state index >= 15 is 0 Å². The van der Waals surface area contributed by atoms with Crippen LogP contribution in [0.5, 0.6) is 11.5 Å². The third kappa shape index (κ3) is 4.18. The fourth-order valence-electron chi connectivity index (χ4n) is 2.13. The van der Waals surface area contributed by atoms with Crippen LogP contribution in [0.4, 0.5) is 4.79 Å². The molecule has 0 radical (unpaired) electrons. The lowest BCUT2D eigenvalue weighted by Crippen LogP contribution is -2.30. The first-order valence-electron chi connectivity index (χ1n) is 7.05. The number of carboxylic acids is 1. The topological polar surface area (TPSA) is 105 Å². The zero-order valence-electron chi connectivity index (χ0n) is 13.2. The van der Waals surface area contributed by atoms with E-state index in [0.717, 1.165) is 4.90 Å². The van der Waals surface area contributed by atoms with Crippen LogP contribution in [0.25, 0.3) is 6.08 Å². The van der Waals surface area contributed by atoms with E-state index in [1.165, 1.54) is 19.3 Å². The lowest BCUT2D eigenvalue weighted by molar-refractivity contribution is -0.139. The van der Waals surface area contributed by atoms with E-state index in [2.05, 4.69) is 27.8 Å². The summed E-state index contributed by atoms with van der Waals surface area (Å²) in [6.45, 7) is 3.08. The Morgan fingerprint density at radius 2 is 2.16 bits per heavy atom. The second kappa shape index (κ2) is 7.84. The monoisotopic (exact) mass is 410 g/mol. The number of carbonyl (C=O) groups is 3. The van der Waals surface area contributed by atoms with Crippen molar-refractivity contribution in [3.63, 3.8) is 0 Å². The number of nitrogens with one attached hydrogen (secondary N) is 1. The van der Waals surface area contributed by atoms with Gasteiger partial charge in [0.2, 0.25) is 0 Å². The van der Waals surface area contributed by atoms with Gasteiger partial charge in [0.1, 0.15) is 5.70 Å². The molecule has 0 bridgehead atoms. The Bertz CT molecular complexity index is 774. The van der Waals surface area contributed by atoms with Gasteiger partial charge in [-0.1, -0.05) is 6.08 Å². The molecule has 0 aliphatic carbocycles. The Morgan fingerprint density at radius 3 is 2.76 bits per heavy atom. The summed E-state index contributed by atoms with van der Waals surface area (Å²) in [6, 6.07) is 2.65. The van der Waals surface area contributed by atoms with Gasteiger partial charge in [0, 0.05) is 6.54 Å². The molecule has 25 heavy (non-hydrogen) atoms. The molecule has 0 atom stereocenters. The Kier molecular flexibility index (Phi) is 5.81. The zero-order chi connectivity index (χ0) is 18.6. The van der Waals surface area contributed by atoms with Crippen LogP contribution in [-0.4, -0.2) is 48.2 Å². The van der Waals surface area contributed by atoms with Crippen LogP contribution in [0.1, 0.15) is 5.56 Å². The Labute approximate surface area is 151 Å². The lowest BCUT2D eigenvalue weighted by Gasteiger charge is -2.12. The number of ether oxygens (including phenoxy) is 2. The van der Waals surface area contributed by atoms with Crippen molar-refractivity contribution in [3.8, 4) is 11.5 Å². The number of aliphatic carboxylic acids is 1. The SMILES string of the molecule is C=CCN1C(=O)NC(=Cc2cc(Br)c(OCC(=O)O)c(OC)c2)C1=O. The predicted octanol–water partition coefficient (Wildman–Crippen LogP) is 2.00. The van der Waals surface area contributed by atoms with Crippen molar-refractivity contribution in [1.29, 1.82) is 0 Å². The molecule has 1 aromatic rings. The number of amides is 3. The third-order valence-corrected chi connectivity index (χ3v) is 3.77. The van der Waals surface area contributed by atoms with Crippen LogP contribution in [0.15, 0.2) is 35.0 Å². The molecular weight excluding hydrogens is 396 g/mol. The number of benzene rings is 1. The van der Waals surface area contributed by atoms with Crippen molar-refractivity contribution in [3.05, 3.63) is 40.5 Å². The molecule has 1 aromatic carbocycles. The van der Waals surface area contributed by atoms with Gasteiger partial charge in [-0.2, -0.15) is 0 Å². The Balaban J connectivity index is 2.33. The fourth-order valence-corrected chi connectivity index (χ4v) is 2.70. The van der Waals surface area contributed by atoms with E-state index in [4.69, 9.17) is 14.6 Å². The van der Waals surface area contributed by atoms with Gasteiger partial charge >= 0.3 is 12.0 Å². The predicted molar refractivity (Wildman–Crippen MR) is 92.2 cm³/mol. The maximum absolute atomic E-state index is 12.2. The quantitative estimate of drug-likeness (QED) is 0.404. The number of nitrogens with zero attached hydrogens (tertiary/aromatic N) is 1. The van der Waals surface area contributed by atoms with Crippen LogP contribution >= 0.6 is 15.9 Å². The zero-order valence-corrected chi connectivity index (χ0v) is 14.8. The number of urea groups is 1. The van der Waals surface area contributed by atoms with Gasteiger partial charge in [-0.15, -0.1) is 6.58 Å². The molecule has 9 heteroatoms. The molecule has 2 rings (SSSR count). The van der Waals surface area contributed by atoms with Gasteiger partial charge < -0.3 is 19.9 Å². The first-order valence-corrected chi connectivity index (χ1v) is 7.84. The average molecular weight is 411 g/mol. The standard InChI is InChI=1S/C16H15BrN2O6/c1-3-4-19-15(22)11(18-16(19)23)6-9-5-10(17)14(12(7-9)24-2)25-8-13(20)21/h3,5-7H,1,4,8H2,2H3,(H,18,23)(H,20,21). The average Bonchev–Trinajstić information content (AvgIpc) is 2.81. The summed E-state index contributed by atoms with van der Waals surface area (Å²) in [7, 11) is 1.40. The van der Waals surface area contributed by atoms with Gasteiger partial charge in [-0.25, -0.2) is 9.59 Å². The lowest BCUT2D eigenvalue weighted by atomic mass is 10.1. The second-order valence-corrected chi connectivity index (χ2v) is 5.76. The summed E-state index contributed by atoms with van der Waals surface area (Å²) in [5, 5.41) is 11.2. The summed E-state index contributed by atoms with van der Waals surface area (Å²) in [5.74, 6) is -1.09. The first-order chi connectivity index (χ1) is 11.9. The number of carboxylic acid groups (broad SMARTS) is 1. The molecule has 1 heterocycles. The van der Waals surface area contributed by atoms with Crippen LogP contribution in [0.2, 0.25) is 0 Å². The molecule has 0 aromatic heterocycles. The second-order valence-electron chi connectivity index (χ2n) is 4.91. The first kappa shape index (κ1) is 18.5. The van der Waals surface area contributed by atoms with Gasteiger partial charge in [-0.3, -0.25) is 9.69 Å². The van der Waals surface area contributed by atoms with Gasteiger partial charge in [-0.05, 0) is 39.7 Å². The van der Waals surface area contributed by atoms with Crippen molar-refractivity contribution in [2.24, 2.45) is 0 Å². The number of rotatable bonds is 7. The van der Waals surface area contributed by atoms with E-state index < -0.39 is 24.5 Å². The Morgan fingerprint density at radius 1 is 1.44 bits per heavy atom. The molecule has 1 aliphatic rings. The fraction of sp³-hybridized carbons (Fsp3) is 0.188. The van der Waals surface area contributed by atoms with E-state index in [0.29, 0.717) is 10.0 Å². The molecule has 2 N–H and O–H groups in total. The third-order valence-electron chi connectivity index (χ3n) is 3.18. The highest BCUT2D eigenvalue weighted by molar-refractivity contribution is 9.10. The summed E-state index contributed by atoms with van der Waals surface area (Å²) >= 11 is 3.28. The number of hydrogen-bond donors (Lipinski definition) is 2. The molecule has 1 aliphatic heterocycles. The highest BCUT2D eigenvalue weighted by atomic mass is 79.9. The van der Waals surface area contributed by atoms with Crippen molar-refractivity contribution in [1.82, 2.24) is 10.2 Å². The van der Waals surface area contributed by atoms with Crippen LogP contribution in [0, 0.1) is 0 Å². The van der Waals surface area contributed by atoms with Gasteiger partial charge in [0.25, 0.3) is 5.91 Å². The maximum Gasteiger partial charge on any atom is 0.341 e. The largest absolute Gasteiger partial charge is 0.493 e. The maximum atomic E-state index is 12.2. The molecule has 0 unspecified atom stereocenters. The van der Waals surface area contributed by atoms with Crippen molar-refractivity contribution >= 4 is 39.9 Å². The molecule has 1 fully saturated rings. The van der Waals surface area contributed by atoms with Gasteiger partial charge in [0.05, 0.1) is 11.6 Å². The highest BCUT2D eigenvalue weighted by Gasteiger charge is 2.32. The summed E-state index contributed by atoms with van der Waals surface area (Å²) in [4.78, 5) is 35.6. The summed E-state index contributed by atoms with van der Waals surface area (Å²) < 4.78 is 10.8. The number of halogens is 1. The Hall–Kier alpha value is -2.81. The van der Waals surface area contributed by atoms with Crippen LogP contribution in [0.3, 0.4) is 0 Å². The van der Waals surface area contributed by atoms with Gasteiger partial charge in [0.15, 0.2) is 18.1 Å². The molecule has 3 amide bonds. The minimum absolute atomic E-state index is 0.108. The molecular formula is C16H15BrN2O6. The molecule has 132 valence electrons. The molecule has 1 saturated heterocycles. The van der Waals surface area contributed by atoms with Crippen molar-refractivity contribution in [2.45, 2.75) is 0 Å². The molecule has 0 spiro atoms. The summed E-state index contributed by atoms with van der Waals surface area (Å²) in [6.07, 6.45) is 2.94. The smallest absolute Gasteiger partial charge is 0.341 e. The minimum atomic E-state index is -1.12. The van der Waals surface area contributed by atoms with Crippen molar-refractivity contribution in [2.75, 3.05) is 20.3 Å². The molecule has 8 nitrogen and oxygen atoms in total. The number of hydrogen-bond acceptors (Lipinski definition) is 5. The normalized spacial score (nSPS) is 15.3. The van der Waals surface area contributed by atoms with Crippen LogP contribution < -0.4 is 14.8 Å². The summed E-state index contributed by atoms with van der Waals surface area (Å²) in [5.41, 5.74) is 0.663. The number of imide groups is 1. The minimum Gasteiger partial charge on any atom is -0.493 e. The highest BCUT2D eigenvalue weighted by Crippen LogP contribution is 2.37. The molecule has 0 saturated carbocycles. The number of carbonyl (C=O) groups excluding carboxylic acids is 2. The van der Waals surface area contributed by atoms with E-state index in [1.54, 1.807) is 12.1 Å². The van der Waals surface area contributed by atoms with E-state index in [-0.39, 0.29) is 23.7 Å². The van der Waals surface area contributed by atoms with E-state index in [9.17, 15) is 14.4 Å². The van der Waals surface area contributed by atoms with E-state index in [1.807, 2.05) is 0 Å². The van der Waals surface area contributed by atoms with Crippen LogP contribution in [-0.2, 0) is 9.59 Å². The number of methoxy groups -OCH3 is 1. The van der Waals surface area contributed by atoms with Crippen molar-refractivity contribution < 1.29 is 29.0 Å².